The maximum Gasteiger partial charge on any atom is 0.0722 e. The second-order valence-corrected chi connectivity index (χ2v) is 6.54. The summed E-state index contributed by atoms with van der Waals surface area (Å²) in [5.74, 6) is 0. The van der Waals surface area contributed by atoms with Crippen molar-refractivity contribution in [3.05, 3.63) is 17.5 Å². The Hall–Kier alpha value is -0.580. The lowest BCUT2D eigenvalue weighted by atomic mass is 9.89. The molecule has 1 aliphatic rings. The van der Waals surface area contributed by atoms with E-state index in [2.05, 4.69) is 37.0 Å². The lowest BCUT2D eigenvalue weighted by molar-refractivity contribution is 0.204. The fourth-order valence-electron chi connectivity index (χ4n) is 2.64. The lowest BCUT2D eigenvalue weighted by Gasteiger charge is -2.30. The van der Waals surface area contributed by atoms with Gasteiger partial charge in [0.1, 0.15) is 0 Å². The number of rotatable bonds is 2. The van der Waals surface area contributed by atoms with Crippen LogP contribution in [0.5, 0.6) is 0 Å². The highest BCUT2D eigenvalue weighted by Crippen LogP contribution is 2.25. The van der Waals surface area contributed by atoms with E-state index in [9.17, 15) is 0 Å². The van der Waals surface area contributed by atoms with Gasteiger partial charge in [-0.15, -0.1) is 12.4 Å². The summed E-state index contributed by atoms with van der Waals surface area (Å²) in [6.07, 6.45) is 4.39. The van der Waals surface area contributed by atoms with Crippen LogP contribution in [0.3, 0.4) is 0 Å². The Morgan fingerprint density at radius 2 is 1.89 bits per heavy atom. The molecule has 0 bridgehead atoms. The molecule has 4 nitrogen and oxygen atoms in total. The number of hydrogen-bond acceptors (Lipinski definition) is 3. The number of hydrogen-bond donors (Lipinski definition) is 1. The lowest BCUT2D eigenvalue weighted by Crippen LogP contribution is -2.39. The Labute approximate surface area is 122 Å². The van der Waals surface area contributed by atoms with Gasteiger partial charge in [-0.1, -0.05) is 20.8 Å². The Balaban J connectivity index is 0.00000180. The first-order chi connectivity index (χ1) is 8.36. The van der Waals surface area contributed by atoms with Crippen LogP contribution in [0.25, 0.3) is 0 Å². The molecule has 1 saturated heterocycles. The van der Waals surface area contributed by atoms with Crippen molar-refractivity contribution in [2.75, 3.05) is 13.1 Å². The zero-order valence-corrected chi connectivity index (χ0v) is 13.3. The monoisotopic (exact) mass is 286 g/mol. The third-order valence-electron chi connectivity index (χ3n) is 3.64. The summed E-state index contributed by atoms with van der Waals surface area (Å²) < 4.78 is 1.94. The fourth-order valence-corrected chi connectivity index (χ4v) is 2.64. The molecule has 0 saturated carbocycles. The van der Waals surface area contributed by atoms with Gasteiger partial charge in [0.2, 0.25) is 0 Å². The van der Waals surface area contributed by atoms with Crippen LogP contribution in [0, 0.1) is 0 Å². The number of aromatic nitrogens is 2. The molecule has 1 aromatic heterocycles. The first kappa shape index (κ1) is 16.5. The molecule has 0 unspecified atom stereocenters. The van der Waals surface area contributed by atoms with Gasteiger partial charge in [0.15, 0.2) is 0 Å². The van der Waals surface area contributed by atoms with Gasteiger partial charge in [0.25, 0.3) is 0 Å². The summed E-state index contributed by atoms with van der Waals surface area (Å²) in [4.78, 5) is 2.50. The van der Waals surface area contributed by atoms with Crippen LogP contribution in [0.1, 0.15) is 44.9 Å². The molecule has 19 heavy (non-hydrogen) atoms. The highest BCUT2D eigenvalue weighted by Gasteiger charge is 2.24. The topological polar surface area (TPSA) is 47.1 Å². The number of nitrogens with two attached hydrogens (primary N) is 1. The van der Waals surface area contributed by atoms with Crippen molar-refractivity contribution in [3.63, 3.8) is 0 Å². The smallest absolute Gasteiger partial charge is 0.0722 e. The van der Waals surface area contributed by atoms with Crippen LogP contribution in [-0.2, 0) is 19.0 Å². The van der Waals surface area contributed by atoms with Crippen LogP contribution >= 0.6 is 12.4 Å². The van der Waals surface area contributed by atoms with Crippen LogP contribution in [0.2, 0.25) is 0 Å². The predicted octanol–water partition coefficient (Wildman–Crippen LogP) is 2.06. The number of aryl methyl sites for hydroxylation is 1. The van der Waals surface area contributed by atoms with E-state index in [0.717, 1.165) is 32.5 Å². The van der Waals surface area contributed by atoms with E-state index in [4.69, 9.17) is 5.73 Å². The minimum atomic E-state index is 0. The molecule has 5 heteroatoms. The first-order valence-electron chi connectivity index (χ1n) is 6.87. The van der Waals surface area contributed by atoms with Gasteiger partial charge in [0, 0.05) is 36.8 Å². The quantitative estimate of drug-likeness (QED) is 0.905. The van der Waals surface area contributed by atoms with E-state index in [0.29, 0.717) is 6.04 Å². The van der Waals surface area contributed by atoms with Crippen molar-refractivity contribution in [1.82, 2.24) is 14.7 Å². The molecule has 0 spiro atoms. The van der Waals surface area contributed by atoms with Gasteiger partial charge in [-0.3, -0.25) is 9.58 Å². The molecule has 2 rings (SSSR count). The minimum Gasteiger partial charge on any atom is -0.328 e. The second kappa shape index (κ2) is 6.25. The van der Waals surface area contributed by atoms with Crippen LogP contribution in [0.4, 0.5) is 0 Å². The molecule has 2 N–H and O–H groups in total. The van der Waals surface area contributed by atoms with Crippen molar-refractivity contribution in [2.24, 2.45) is 12.8 Å². The average Bonchev–Trinajstić information content (AvgIpc) is 2.63. The number of nitrogens with zero attached hydrogens (tertiary/aromatic N) is 3. The normalized spacial score (nSPS) is 18.4. The minimum absolute atomic E-state index is 0. The van der Waals surface area contributed by atoms with Crippen LogP contribution < -0.4 is 5.73 Å². The second-order valence-electron chi connectivity index (χ2n) is 6.54. The molecule has 0 aromatic carbocycles. The van der Waals surface area contributed by atoms with Crippen LogP contribution in [0.15, 0.2) is 6.20 Å². The standard InChI is InChI=1S/C14H26N4.ClH/c1-14(2,3)13-11(9-17(4)16-13)10-18-7-5-12(15)6-8-18;/h9,12H,5-8,10,15H2,1-4H3;1H. The Morgan fingerprint density at radius 1 is 1.32 bits per heavy atom. The number of likely N-dealkylation sites (tertiary alicyclic amines) is 1. The summed E-state index contributed by atoms with van der Waals surface area (Å²) in [5, 5.41) is 4.63. The van der Waals surface area contributed by atoms with Gasteiger partial charge in [-0.05, 0) is 25.9 Å². The maximum atomic E-state index is 5.95. The summed E-state index contributed by atoms with van der Waals surface area (Å²) in [5.41, 5.74) is 8.65. The predicted molar refractivity (Wildman–Crippen MR) is 81.6 cm³/mol. The molecule has 2 heterocycles. The van der Waals surface area contributed by atoms with E-state index in [1.165, 1.54) is 11.3 Å². The fraction of sp³-hybridized carbons (Fsp3) is 0.786. The van der Waals surface area contributed by atoms with E-state index in [1.54, 1.807) is 0 Å². The molecule has 0 radical (unpaired) electrons. The molecular formula is C14H27ClN4. The van der Waals surface area contributed by atoms with E-state index >= 15 is 0 Å². The summed E-state index contributed by atoms with van der Waals surface area (Å²) in [7, 11) is 2.00. The van der Waals surface area contributed by atoms with E-state index in [-0.39, 0.29) is 17.8 Å². The molecule has 0 atom stereocenters. The van der Waals surface area contributed by atoms with Crippen molar-refractivity contribution < 1.29 is 0 Å². The third kappa shape index (κ3) is 4.20. The number of piperidine rings is 1. The molecular weight excluding hydrogens is 260 g/mol. The van der Waals surface area contributed by atoms with Gasteiger partial charge < -0.3 is 5.73 Å². The SMILES string of the molecule is Cl.Cn1cc(CN2CCC(N)CC2)c(C(C)(C)C)n1. The van der Waals surface area contributed by atoms with Gasteiger partial charge in [-0.2, -0.15) is 5.10 Å². The van der Waals surface area contributed by atoms with Crippen molar-refractivity contribution >= 4 is 12.4 Å². The van der Waals surface area contributed by atoms with Crippen molar-refractivity contribution in [3.8, 4) is 0 Å². The van der Waals surface area contributed by atoms with Gasteiger partial charge >= 0.3 is 0 Å². The molecule has 110 valence electrons. The summed E-state index contributed by atoms with van der Waals surface area (Å²) in [6.45, 7) is 9.91. The molecule has 1 fully saturated rings. The summed E-state index contributed by atoms with van der Waals surface area (Å²) >= 11 is 0. The molecule has 1 aliphatic heterocycles. The number of halogens is 1. The third-order valence-corrected chi connectivity index (χ3v) is 3.64. The van der Waals surface area contributed by atoms with Gasteiger partial charge in [-0.25, -0.2) is 0 Å². The highest BCUT2D eigenvalue weighted by molar-refractivity contribution is 5.85. The first-order valence-corrected chi connectivity index (χ1v) is 6.87. The molecule has 1 aromatic rings. The van der Waals surface area contributed by atoms with E-state index in [1.807, 2.05) is 11.7 Å². The molecule has 0 amide bonds. The van der Waals surface area contributed by atoms with Crippen molar-refractivity contribution in [2.45, 2.75) is 51.6 Å². The zero-order chi connectivity index (χ0) is 13.3. The van der Waals surface area contributed by atoms with Crippen LogP contribution in [-0.4, -0.2) is 33.8 Å². The Morgan fingerprint density at radius 3 is 2.42 bits per heavy atom. The van der Waals surface area contributed by atoms with E-state index < -0.39 is 0 Å². The zero-order valence-electron chi connectivity index (χ0n) is 12.5. The largest absolute Gasteiger partial charge is 0.328 e. The Kier molecular flexibility index (Phi) is 5.42. The Bertz CT molecular complexity index is 400. The maximum absolute atomic E-state index is 5.95. The summed E-state index contributed by atoms with van der Waals surface area (Å²) in [6, 6.07) is 0.400. The average molecular weight is 287 g/mol. The highest BCUT2D eigenvalue weighted by atomic mass is 35.5. The molecule has 0 aliphatic carbocycles. The van der Waals surface area contributed by atoms with Gasteiger partial charge in [0.05, 0.1) is 5.69 Å². The van der Waals surface area contributed by atoms with Crippen molar-refractivity contribution in [1.29, 1.82) is 0 Å².